The molecule has 0 saturated heterocycles. The fourth-order valence-corrected chi connectivity index (χ4v) is 5.08. The van der Waals surface area contributed by atoms with Crippen molar-refractivity contribution in [2.24, 2.45) is 0 Å². The number of hydrogen-bond donors (Lipinski definition) is 0. The van der Waals surface area contributed by atoms with E-state index in [0.717, 1.165) is 32.3 Å². The highest BCUT2D eigenvalue weighted by Gasteiger charge is 2.28. The minimum absolute atomic E-state index is 0.0867. The maximum atomic E-state index is 13.3. The topological polar surface area (TPSA) is 59.2 Å². The van der Waals surface area contributed by atoms with E-state index in [1.54, 1.807) is 16.7 Å². The Labute approximate surface area is 192 Å². The maximum Gasteiger partial charge on any atom is 0.277 e. The summed E-state index contributed by atoms with van der Waals surface area (Å²) in [6.07, 6.45) is 0. The lowest BCUT2D eigenvalue weighted by molar-refractivity contribution is -0.115. The van der Waals surface area contributed by atoms with Gasteiger partial charge in [-0.05, 0) is 49.4 Å². The van der Waals surface area contributed by atoms with Crippen LogP contribution in [0.4, 0.5) is 11.4 Å². The lowest BCUT2D eigenvalue weighted by Gasteiger charge is -2.31. The molecule has 1 aliphatic heterocycles. The molecule has 0 N–H and O–H groups in total. The Morgan fingerprint density at radius 2 is 1.81 bits per heavy atom. The van der Waals surface area contributed by atoms with Crippen molar-refractivity contribution in [2.45, 2.75) is 21.9 Å². The van der Waals surface area contributed by atoms with Crippen molar-refractivity contribution in [2.75, 3.05) is 10.7 Å². The minimum atomic E-state index is -0.0867. The molecule has 1 amide bonds. The normalized spacial score (nSPS) is 12.4. The second-order valence-electron chi connectivity index (χ2n) is 6.94. The van der Waals surface area contributed by atoms with Gasteiger partial charge in [-0.2, -0.15) is 0 Å². The zero-order valence-corrected chi connectivity index (χ0v) is 18.8. The number of hydrogen-bond acceptors (Lipinski definition) is 6. The minimum Gasteiger partial charge on any atom is -0.411 e. The molecule has 31 heavy (non-hydrogen) atoms. The van der Waals surface area contributed by atoms with Crippen molar-refractivity contribution in [3.8, 4) is 11.5 Å². The fourth-order valence-electron chi connectivity index (χ4n) is 3.27. The summed E-state index contributed by atoms with van der Waals surface area (Å²) < 4.78 is 5.75. The summed E-state index contributed by atoms with van der Waals surface area (Å²) in [4.78, 5) is 17.0. The molecule has 5 nitrogen and oxygen atoms in total. The molecule has 8 heteroatoms. The number of thioether (sulfide) groups is 1. The molecule has 1 aromatic heterocycles. The van der Waals surface area contributed by atoms with Gasteiger partial charge in [0.15, 0.2) is 0 Å². The number of halogens is 1. The number of rotatable bonds is 4. The highest BCUT2D eigenvalue weighted by atomic mass is 35.5. The zero-order valence-electron chi connectivity index (χ0n) is 16.4. The molecular formula is C23H16ClN3O2S2. The molecule has 5 rings (SSSR count). The maximum absolute atomic E-state index is 13.3. The van der Waals surface area contributed by atoms with E-state index in [2.05, 4.69) is 10.2 Å². The number of aromatic nitrogens is 2. The third kappa shape index (κ3) is 4.08. The van der Waals surface area contributed by atoms with Gasteiger partial charge in [-0.3, -0.25) is 9.69 Å². The quantitative estimate of drug-likeness (QED) is 0.315. The van der Waals surface area contributed by atoms with Crippen LogP contribution in [0.1, 0.15) is 5.56 Å². The Kier molecular flexibility index (Phi) is 5.48. The van der Waals surface area contributed by atoms with Crippen molar-refractivity contribution >= 4 is 52.4 Å². The molecule has 0 spiro atoms. The summed E-state index contributed by atoms with van der Waals surface area (Å²) >= 11 is 9.08. The lowest BCUT2D eigenvalue weighted by Crippen LogP contribution is -2.30. The average Bonchev–Trinajstić information content (AvgIpc) is 3.25. The van der Waals surface area contributed by atoms with Gasteiger partial charge in [0, 0.05) is 20.4 Å². The van der Waals surface area contributed by atoms with Crippen LogP contribution in [0.3, 0.4) is 0 Å². The third-order valence-corrected chi connectivity index (χ3v) is 6.93. The van der Waals surface area contributed by atoms with Crippen molar-refractivity contribution in [1.29, 1.82) is 0 Å². The summed E-state index contributed by atoms with van der Waals surface area (Å²) in [7, 11) is 0. The van der Waals surface area contributed by atoms with Crippen molar-refractivity contribution in [3.63, 3.8) is 0 Å². The Hall–Kier alpha value is -2.74. The van der Waals surface area contributed by atoms with E-state index in [0.29, 0.717) is 16.1 Å². The largest absolute Gasteiger partial charge is 0.411 e. The monoisotopic (exact) mass is 465 g/mol. The van der Waals surface area contributed by atoms with Crippen molar-refractivity contribution in [1.82, 2.24) is 10.2 Å². The van der Waals surface area contributed by atoms with Gasteiger partial charge in [-0.15, -0.1) is 10.2 Å². The van der Waals surface area contributed by atoms with Gasteiger partial charge in [0.2, 0.25) is 11.8 Å². The summed E-state index contributed by atoms with van der Waals surface area (Å²) in [6.45, 7) is 2.02. The third-order valence-electron chi connectivity index (χ3n) is 4.76. The lowest BCUT2D eigenvalue weighted by atomic mass is 10.1. The van der Waals surface area contributed by atoms with E-state index >= 15 is 0 Å². The van der Waals surface area contributed by atoms with E-state index in [-0.39, 0.29) is 11.7 Å². The first-order valence-electron chi connectivity index (χ1n) is 9.51. The SMILES string of the molecule is Cc1ccc(-c2nnc(SCC(=O)N3c4ccccc4Sc4ccc(Cl)cc43)o2)cc1. The molecule has 0 radical (unpaired) electrons. The average molecular weight is 466 g/mol. The highest BCUT2D eigenvalue weighted by molar-refractivity contribution is 8.00. The molecule has 0 saturated carbocycles. The number of carbonyl (C=O) groups excluding carboxylic acids is 1. The van der Waals surface area contributed by atoms with Gasteiger partial charge >= 0.3 is 0 Å². The van der Waals surface area contributed by atoms with Gasteiger partial charge in [0.25, 0.3) is 5.22 Å². The standard InChI is InChI=1S/C23H16ClN3O2S2/c1-14-6-8-15(9-7-14)22-25-26-23(29-22)30-13-21(28)27-17-4-2-3-5-19(17)31-20-11-10-16(24)12-18(20)27/h2-12H,13H2,1H3. The molecule has 0 unspecified atom stereocenters. The van der Waals surface area contributed by atoms with Gasteiger partial charge in [-0.25, -0.2) is 0 Å². The molecule has 1 aliphatic rings. The zero-order chi connectivity index (χ0) is 21.4. The summed E-state index contributed by atoms with van der Waals surface area (Å²) in [5.74, 6) is 0.503. The Balaban J connectivity index is 1.38. The Morgan fingerprint density at radius 3 is 2.65 bits per heavy atom. The fraction of sp³-hybridized carbons (Fsp3) is 0.0870. The highest BCUT2D eigenvalue weighted by Crippen LogP contribution is 2.49. The Morgan fingerprint density at radius 1 is 1.03 bits per heavy atom. The second-order valence-corrected chi connectivity index (χ2v) is 9.39. The first kappa shape index (κ1) is 20.2. The first-order chi connectivity index (χ1) is 15.1. The van der Waals surface area contributed by atoms with Gasteiger partial charge in [-0.1, -0.05) is 65.0 Å². The molecule has 154 valence electrons. The number of benzene rings is 3. The van der Waals surface area contributed by atoms with Crippen molar-refractivity contribution in [3.05, 3.63) is 77.3 Å². The van der Waals surface area contributed by atoms with Crippen LogP contribution in [-0.2, 0) is 4.79 Å². The van der Waals surface area contributed by atoms with Crippen LogP contribution in [0.5, 0.6) is 0 Å². The number of amides is 1. The molecule has 0 aliphatic carbocycles. The molecule has 4 aromatic rings. The van der Waals surface area contributed by atoms with E-state index in [1.165, 1.54) is 11.8 Å². The summed E-state index contributed by atoms with van der Waals surface area (Å²) in [6, 6.07) is 21.3. The number of anilines is 2. The predicted octanol–water partition coefficient (Wildman–Crippen LogP) is 6.62. The summed E-state index contributed by atoms with van der Waals surface area (Å²) in [5, 5.41) is 9.14. The van der Waals surface area contributed by atoms with Gasteiger partial charge in [0.1, 0.15) is 0 Å². The molecule has 3 aromatic carbocycles. The van der Waals surface area contributed by atoms with Crippen LogP contribution in [0, 0.1) is 6.92 Å². The van der Waals surface area contributed by atoms with E-state index < -0.39 is 0 Å². The summed E-state index contributed by atoms with van der Waals surface area (Å²) in [5.41, 5.74) is 3.64. The van der Waals surface area contributed by atoms with Crippen LogP contribution in [0.2, 0.25) is 5.02 Å². The van der Waals surface area contributed by atoms with E-state index in [1.807, 2.05) is 73.7 Å². The molecule has 2 heterocycles. The Bertz CT molecular complexity index is 1270. The number of aryl methyl sites for hydroxylation is 1. The number of nitrogens with zero attached hydrogens (tertiary/aromatic N) is 3. The smallest absolute Gasteiger partial charge is 0.277 e. The van der Waals surface area contributed by atoms with E-state index in [4.69, 9.17) is 16.0 Å². The van der Waals surface area contributed by atoms with Crippen LogP contribution in [-0.4, -0.2) is 21.9 Å². The van der Waals surface area contributed by atoms with Gasteiger partial charge in [0.05, 0.1) is 17.1 Å². The van der Waals surface area contributed by atoms with E-state index in [9.17, 15) is 4.79 Å². The van der Waals surface area contributed by atoms with Crippen molar-refractivity contribution < 1.29 is 9.21 Å². The first-order valence-corrected chi connectivity index (χ1v) is 11.7. The number of para-hydroxylation sites is 1. The number of fused-ring (bicyclic) bond motifs is 2. The predicted molar refractivity (Wildman–Crippen MR) is 124 cm³/mol. The second kappa shape index (κ2) is 8.42. The van der Waals surface area contributed by atoms with Crippen LogP contribution in [0.25, 0.3) is 11.5 Å². The van der Waals surface area contributed by atoms with Crippen LogP contribution < -0.4 is 4.90 Å². The molecule has 0 fully saturated rings. The number of carbonyl (C=O) groups is 1. The van der Waals surface area contributed by atoms with Crippen LogP contribution >= 0.6 is 35.1 Å². The molecule has 0 atom stereocenters. The molecular weight excluding hydrogens is 450 g/mol. The molecule has 0 bridgehead atoms. The van der Waals surface area contributed by atoms with Gasteiger partial charge < -0.3 is 4.42 Å². The van der Waals surface area contributed by atoms with Crippen LogP contribution in [0.15, 0.2) is 86.2 Å².